The van der Waals surface area contributed by atoms with Crippen LogP contribution >= 0.6 is 0 Å². The number of aliphatic hydroxyl groups is 2. The maximum atomic E-state index is 9.33. The highest BCUT2D eigenvalue weighted by molar-refractivity contribution is 5.13. The lowest BCUT2D eigenvalue weighted by molar-refractivity contribution is 0.0792. The first-order valence-electron chi connectivity index (χ1n) is 5.57. The largest absolute Gasteiger partial charge is 0.394 e. The average molecular weight is 224 g/mol. The van der Waals surface area contributed by atoms with E-state index in [2.05, 4.69) is 10.3 Å². The van der Waals surface area contributed by atoms with Crippen molar-refractivity contribution in [3.05, 3.63) is 30.1 Å². The molecule has 0 aliphatic carbocycles. The number of aromatic nitrogens is 1. The Morgan fingerprint density at radius 1 is 1.44 bits per heavy atom. The molecule has 3 N–H and O–H groups in total. The summed E-state index contributed by atoms with van der Waals surface area (Å²) in [6.07, 6.45) is 4.18. The number of nitrogens with zero attached hydrogens (tertiary/aromatic N) is 1. The zero-order chi connectivity index (χ0) is 12.0. The number of rotatable bonds is 6. The summed E-state index contributed by atoms with van der Waals surface area (Å²) >= 11 is 0. The van der Waals surface area contributed by atoms with Crippen molar-refractivity contribution in [1.82, 2.24) is 10.3 Å². The lowest BCUT2D eigenvalue weighted by atomic mass is 9.96. The molecule has 0 saturated carbocycles. The van der Waals surface area contributed by atoms with Crippen molar-refractivity contribution < 1.29 is 10.2 Å². The molecule has 0 saturated heterocycles. The zero-order valence-electron chi connectivity index (χ0n) is 9.85. The van der Waals surface area contributed by atoms with Crippen LogP contribution in [0.2, 0.25) is 0 Å². The van der Waals surface area contributed by atoms with Gasteiger partial charge < -0.3 is 15.5 Å². The van der Waals surface area contributed by atoms with Crippen LogP contribution in [0.5, 0.6) is 0 Å². The number of aliphatic hydroxyl groups excluding tert-OH is 2. The molecular weight excluding hydrogens is 204 g/mol. The third-order valence-corrected chi connectivity index (χ3v) is 2.99. The van der Waals surface area contributed by atoms with Gasteiger partial charge in [0.2, 0.25) is 0 Å². The van der Waals surface area contributed by atoms with Crippen LogP contribution in [0.3, 0.4) is 0 Å². The molecule has 1 atom stereocenters. The smallest absolute Gasteiger partial charge is 0.0650 e. The molecule has 4 heteroatoms. The highest BCUT2D eigenvalue weighted by atomic mass is 16.3. The molecule has 1 unspecified atom stereocenters. The van der Waals surface area contributed by atoms with E-state index in [1.54, 1.807) is 12.4 Å². The Bertz CT molecular complexity index is 291. The number of hydrogen-bond acceptors (Lipinski definition) is 4. The molecule has 1 aromatic heterocycles. The summed E-state index contributed by atoms with van der Waals surface area (Å²) in [5, 5.41) is 21.9. The molecule has 0 aromatic carbocycles. The molecule has 0 fully saturated rings. The van der Waals surface area contributed by atoms with Gasteiger partial charge in [0.25, 0.3) is 0 Å². The molecule has 16 heavy (non-hydrogen) atoms. The fourth-order valence-electron chi connectivity index (χ4n) is 1.64. The fourth-order valence-corrected chi connectivity index (χ4v) is 1.64. The summed E-state index contributed by atoms with van der Waals surface area (Å²) in [5.74, 6) is 0. The van der Waals surface area contributed by atoms with Gasteiger partial charge in [-0.05, 0) is 25.0 Å². The second-order valence-corrected chi connectivity index (χ2v) is 4.10. The first-order chi connectivity index (χ1) is 7.67. The lowest BCUT2D eigenvalue weighted by Gasteiger charge is -2.33. The van der Waals surface area contributed by atoms with Crippen molar-refractivity contribution in [2.45, 2.75) is 31.8 Å². The summed E-state index contributed by atoms with van der Waals surface area (Å²) < 4.78 is 0. The third kappa shape index (κ3) is 3.01. The van der Waals surface area contributed by atoms with Crippen LogP contribution in [-0.2, 0) is 0 Å². The van der Waals surface area contributed by atoms with E-state index in [4.69, 9.17) is 0 Å². The Hall–Kier alpha value is -0.970. The third-order valence-electron chi connectivity index (χ3n) is 2.99. The number of nitrogens with one attached hydrogen (secondary N) is 1. The minimum Gasteiger partial charge on any atom is -0.394 e. The molecule has 0 radical (unpaired) electrons. The lowest BCUT2D eigenvalue weighted by Crippen LogP contribution is -2.52. The minimum atomic E-state index is -0.616. The van der Waals surface area contributed by atoms with Crippen LogP contribution in [-0.4, -0.2) is 33.9 Å². The van der Waals surface area contributed by atoms with E-state index >= 15 is 0 Å². The Balaban J connectivity index is 2.73. The SMILES string of the molecule is CCC(CO)(CO)NC(C)c1cccnc1. The second-order valence-electron chi connectivity index (χ2n) is 4.10. The highest BCUT2D eigenvalue weighted by Crippen LogP contribution is 2.17. The predicted molar refractivity (Wildman–Crippen MR) is 63.0 cm³/mol. The average Bonchev–Trinajstić information content (AvgIpc) is 2.37. The van der Waals surface area contributed by atoms with E-state index in [9.17, 15) is 10.2 Å². The van der Waals surface area contributed by atoms with Crippen molar-refractivity contribution in [2.75, 3.05) is 13.2 Å². The molecule has 0 amide bonds. The minimum absolute atomic E-state index is 0.0490. The van der Waals surface area contributed by atoms with E-state index in [0.717, 1.165) is 5.56 Å². The fraction of sp³-hybridized carbons (Fsp3) is 0.583. The molecule has 1 rings (SSSR count). The highest BCUT2D eigenvalue weighted by Gasteiger charge is 2.28. The van der Waals surface area contributed by atoms with Gasteiger partial charge in [0, 0.05) is 18.4 Å². The van der Waals surface area contributed by atoms with Crippen LogP contribution < -0.4 is 5.32 Å². The quantitative estimate of drug-likeness (QED) is 0.670. The molecule has 90 valence electrons. The molecule has 0 aliphatic rings. The van der Waals surface area contributed by atoms with Crippen LogP contribution in [0, 0.1) is 0 Å². The number of pyridine rings is 1. The number of hydrogen-bond donors (Lipinski definition) is 3. The van der Waals surface area contributed by atoms with Crippen LogP contribution in [0.1, 0.15) is 31.9 Å². The first-order valence-corrected chi connectivity index (χ1v) is 5.57. The van der Waals surface area contributed by atoms with Crippen LogP contribution in [0.25, 0.3) is 0 Å². The summed E-state index contributed by atoms with van der Waals surface area (Å²) in [4.78, 5) is 4.05. The van der Waals surface area contributed by atoms with Gasteiger partial charge in [0.05, 0.1) is 18.8 Å². The molecule has 1 heterocycles. The van der Waals surface area contributed by atoms with Crippen LogP contribution in [0.4, 0.5) is 0 Å². The normalized spacial score (nSPS) is 13.8. The molecule has 4 nitrogen and oxygen atoms in total. The Morgan fingerprint density at radius 3 is 2.56 bits per heavy atom. The maximum Gasteiger partial charge on any atom is 0.0650 e. The van der Waals surface area contributed by atoms with Crippen molar-refractivity contribution in [2.24, 2.45) is 0 Å². The van der Waals surface area contributed by atoms with Gasteiger partial charge in [-0.1, -0.05) is 13.0 Å². The second kappa shape index (κ2) is 5.94. The predicted octanol–water partition coefficient (Wildman–Crippen LogP) is 0.866. The summed E-state index contributed by atoms with van der Waals surface area (Å²) in [5.41, 5.74) is 0.428. The van der Waals surface area contributed by atoms with Gasteiger partial charge in [-0.15, -0.1) is 0 Å². The molecule has 0 spiro atoms. The van der Waals surface area contributed by atoms with Gasteiger partial charge in [-0.3, -0.25) is 4.98 Å². The molecule has 0 bridgehead atoms. The van der Waals surface area contributed by atoms with Gasteiger partial charge in [-0.2, -0.15) is 0 Å². The molecular formula is C12H20N2O2. The molecule has 0 aliphatic heterocycles. The van der Waals surface area contributed by atoms with Gasteiger partial charge in [-0.25, -0.2) is 0 Å². The maximum absolute atomic E-state index is 9.33. The van der Waals surface area contributed by atoms with E-state index in [1.165, 1.54) is 0 Å². The Kier molecular flexibility index (Phi) is 4.86. The van der Waals surface area contributed by atoms with E-state index < -0.39 is 5.54 Å². The van der Waals surface area contributed by atoms with Crippen molar-refractivity contribution in [3.8, 4) is 0 Å². The Morgan fingerprint density at radius 2 is 2.12 bits per heavy atom. The van der Waals surface area contributed by atoms with Crippen molar-refractivity contribution in [3.63, 3.8) is 0 Å². The zero-order valence-corrected chi connectivity index (χ0v) is 9.85. The van der Waals surface area contributed by atoms with Crippen molar-refractivity contribution >= 4 is 0 Å². The standard InChI is InChI=1S/C12H20N2O2/c1-3-12(8-15,9-16)14-10(2)11-5-4-6-13-7-11/h4-7,10,14-16H,3,8-9H2,1-2H3. The summed E-state index contributed by atoms with van der Waals surface area (Å²) in [6.45, 7) is 3.78. The van der Waals surface area contributed by atoms with Crippen LogP contribution in [0.15, 0.2) is 24.5 Å². The topological polar surface area (TPSA) is 65.4 Å². The Labute approximate surface area is 96.3 Å². The van der Waals surface area contributed by atoms with Gasteiger partial charge in [0.1, 0.15) is 0 Å². The summed E-state index contributed by atoms with van der Waals surface area (Å²) in [7, 11) is 0. The van der Waals surface area contributed by atoms with E-state index in [1.807, 2.05) is 26.0 Å². The van der Waals surface area contributed by atoms with E-state index in [0.29, 0.717) is 6.42 Å². The monoisotopic (exact) mass is 224 g/mol. The molecule has 1 aromatic rings. The van der Waals surface area contributed by atoms with Gasteiger partial charge >= 0.3 is 0 Å². The first kappa shape index (κ1) is 13.1. The summed E-state index contributed by atoms with van der Waals surface area (Å²) in [6, 6.07) is 3.90. The van der Waals surface area contributed by atoms with Gasteiger partial charge in [0.15, 0.2) is 0 Å². The van der Waals surface area contributed by atoms with E-state index in [-0.39, 0.29) is 19.3 Å². The van der Waals surface area contributed by atoms with Crippen molar-refractivity contribution in [1.29, 1.82) is 0 Å².